The second-order valence-corrected chi connectivity index (χ2v) is 8.79. The molecule has 2 heterocycles. The average molecular weight is 507 g/mol. The molecule has 1 aliphatic rings. The number of rotatable bonds is 7. The highest BCUT2D eigenvalue weighted by molar-refractivity contribution is 9.10. The first-order valence-corrected chi connectivity index (χ1v) is 11.2. The Morgan fingerprint density at radius 1 is 1.29 bits per heavy atom. The number of nitrogens with zero attached hydrogens (tertiary/aromatic N) is 1. The summed E-state index contributed by atoms with van der Waals surface area (Å²) in [6.45, 7) is 1.86. The van der Waals surface area contributed by atoms with Crippen LogP contribution in [-0.2, 0) is 4.79 Å². The minimum atomic E-state index is -0.766. The molecule has 0 radical (unpaired) electrons. The van der Waals surface area contributed by atoms with Crippen LogP contribution in [0.3, 0.4) is 0 Å². The van der Waals surface area contributed by atoms with Gasteiger partial charge in [-0.3, -0.25) is 14.5 Å². The molecular weight excluding hydrogens is 486 g/mol. The lowest BCUT2D eigenvalue weighted by molar-refractivity contribution is -0.142. The van der Waals surface area contributed by atoms with Crippen LogP contribution in [0.4, 0.5) is 0 Å². The lowest BCUT2D eigenvalue weighted by Gasteiger charge is -2.21. The summed E-state index contributed by atoms with van der Waals surface area (Å²) < 4.78 is 12.8. The average Bonchev–Trinajstić information content (AvgIpc) is 3.21. The van der Waals surface area contributed by atoms with Gasteiger partial charge in [0.05, 0.1) is 22.6 Å². The molecule has 1 aliphatic heterocycles. The van der Waals surface area contributed by atoms with E-state index in [0.717, 1.165) is 17.4 Å². The molecule has 1 N–H and O–H groups in total. The minimum absolute atomic E-state index is 0.179. The van der Waals surface area contributed by atoms with Gasteiger partial charge in [0.25, 0.3) is 0 Å². The molecule has 4 rings (SSSR count). The molecule has 8 heteroatoms. The van der Waals surface area contributed by atoms with Crippen molar-refractivity contribution >= 4 is 44.5 Å². The summed E-state index contributed by atoms with van der Waals surface area (Å²) in [4.78, 5) is 25.9. The molecule has 162 valence electrons. The van der Waals surface area contributed by atoms with Crippen molar-refractivity contribution in [2.45, 2.75) is 25.3 Å². The SMILES string of the molecule is O=C(O)C1CCCN1CCCOc1cc(Br)ccc1-c1cc(=O)c2cccc(Cl)c2o1. The zero-order valence-electron chi connectivity index (χ0n) is 16.6. The molecule has 1 atom stereocenters. The third-order valence-electron chi connectivity index (χ3n) is 5.41. The summed E-state index contributed by atoms with van der Waals surface area (Å²) in [5.74, 6) is 0.177. The summed E-state index contributed by atoms with van der Waals surface area (Å²) in [6.07, 6.45) is 2.27. The van der Waals surface area contributed by atoms with Gasteiger partial charge in [0.2, 0.25) is 0 Å². The predicted molar refractivity (Wildman–Crippen MR) is 123 cm³/mol. The monoisotopic (exact) mass is 505 g/mol. The van der Waals surface area contributed by atoms with E-state index in [9.17, 15) is 14.7 Å². The Kier molecular flexibility index (Phi) is 6.65. The summed E-state index contributed by atoms with van der Waals surface area (Å²) in [7, 11) is 0. The van der Waals surface area contributed by atoms with Gasteiger partial charge >= 0.3 is 5.97 Å². The third-order valence-corrected chi connectivity index (χ3v) is 6.20. The molecule has 6 nitrogen and oxygen atoms in total. The number of ether oxygens (including phenoxy) is 1. The van der Waals surface area contributed by atoms with Crippen LogP contribution in [0, 0.1) is 0 Å². The van der Waals surface area contributed by atoms with E-state index in [1.54, 1.807) is 18.2 Å². The second-order valence-electron chi connectivity index (χ2n) is 7.47. The predicted octanol–water partition coefficient (Wildman–Crippen LogP) is 5.19. The van der Waals surface area contributed by atoms with Crippen molar-refractivity contribution in [1.29, 1.82) is 0 Å². The van der Waals surface area contributed by atoms with Gasteiger partial charge in [-0.15, -0.1) is 0 Å². The Balaban J connectivity index is 1.53. The van der Waals surface area contributed by atoms with E-state index in [4.69, 9.17) is 20.8 Å². The first-order chi connectivity index (χ1) is 14.9. The van der Waals surface area contributed by atoms with Crippen molar-refractivity contribution in [2.75, 3.05) is 19.7 Å². The molecule has 3 aromatic rings. The van der Waals surface area contributed by atoms with E-state index in [-0.39, 0.29) is 5.43 Å². The fourth-order valence-corrected chi connectivity index (χ4v) is 4.47. The van der Waals surface area contributed by atoms with Crippen LogP contribution in [0.1, 0.15) is 19.3 Å². The minimum Gasteiger partial charge on any atom is -0.493 e. The number of aliphatic carboxylic acids is 1. The van der Waals surface area contributed by atoms with E-state index >= 15 is 0 Å². The van der Waals surface area contributed by atoms with Gasteiger partial charge in [-0.2, -0.15) is 0 Å². The fourth-order valence-electron chi connectivity index (χ4n) is 3.92. The molecule has 1 saturated heterocycles. The number of carbonyl (C=O) groups is 1. The van der Waals surface area contributed by atoms with Crippen molar-refractivity contribution < 1.29 is 19.1 Å². The van der Waals surface area contributed by atoms with E-state index in [1.807, 2.05) is 23.1 Å². The first kappa shape index (κ1) is 21.9. The van der Waals surface area contributed by atoms with Crippen LogP contribution in [0.25, 0.3) is 22.3 Å². The van der Waals surface area contributed by atoms with Gasteiger partial charge in [0.15, 0.2) is 11.0 Å². The molecule has 1 aromatic heterocycles. The van der Waals surface area contributed by atoms with Gasteiger partial charge in [0, 0.05) is 17.1 Å². The maximum absolute atomic E-state index is 12.6. The quantitative estimate of drug-likeness (QED) is 0.444. The van der Waals surface area contributed by atoms with Gasteiger partial charge in [-0.25, -0.2) is 0 Å². The Hall–Kier alpha value is -2.35. The summed E-state index contributed by atoms with van der Waals surface area (Å²) in [5.41, 5.74) is 0.808. The van der Waals surface area contributed by atoms with E-state index in [0.29, 0.717) is 59.1 Å². The summed E-state index contributed by atoms with van der Waals surface area (Å²) in [5, 5.41) is 10.1. The molecule has 1 unspecified atom stereocenters. The Bertz CT molecular complexity index is 1180. The number of halogens is 2. The van der Waals surface area contributed by atoms with Crippen LogP contribution in [0.2, 0.25) is 5.02 Å². The zero-order chi connectivity index (χ0) is 22.0. The van der Waals surface area contributed by atoms with Crippen LogP contribution < -0.4 is 10.2 Å². The maximum Gasteiger partial charge on any atom is 0.320 e. The third kappa shape index (κ3) is 4.79. The lowest BCUT2D eigenvalue weighted by atomic mass is 10.1. The molecule has 0 saturated carbocycles. The molecule has 0 amide bonds. The number of benzene rings is 2. The normalized spacial score (nSPS) is 16.6. The van der Waals surface area contributed by atoms with Crippen molar-refractivity contribution in [3.05, 3.63) is 62.2 Å². The van der Waals surface area contributed by atoms with Crippen molar-refractivity contribution in [2.24, 2.45) is 0 Å². The highest BCUT2D eigenvalue weighted by atomic mass is 79.9. The number of para-hydroxylation sites is 1. The molecule has 1 fully saturated rings. The molecule has 2 aromatic carbocycles. The van der Waals surface area contributed by atoms with Gasteiger partial charge in [0.1, 0.15) is 17.6 Å². The lowest BCUT2D eigenvalue weighted by Crippen LogP contribution is -2.36. The fraction of sp³-hybridized carbons (Fsp3) is 0.304. The van der Waals surface area contributed by atoms with Crippen molar-refractivity contribution in [1.82, 2.24) is 4.90 Å². The van der Waals surface area contributed by atoms with E-state index < -0.39 is 12.0 Å². The Morgan fingerprint density at radius 3 is 2.94 bits per heavy atom. The summed E-state index contributed by atoms with van der Waals surface area (Å²) >= 11 is 9.69. The number of likely N-dealkylation sites (tertiary alicyclic amines) is 1. The van der Waals surface area contributed by atoms with Crippen LogP contribution in [0.5, 0.6) is 5.75 Å². The van der Waals surface area contributed by atoms with E-state index in [1.165, 1.54) is 6.07 Å². The van der Waals surface area contributed by atoms with Gasteiger partial charge < -0.3 is 14.3 Å². The van der Waals surface area contributed by atoms with Gasteiger partial charge in [-0.05, 0) is 56.1 Å². The van der Waals surface area contributed by atoms with Crippen LogP contribution in [0.15, 0.2) is 56.1 Å². The second kappa shape index (κ2) is 9.42. The van der Waals surface area contributed by atoms with Crippen LogP contribution >= 0.6 is 27.5 Å². The van der Waals surface area contributed by atoms with Crippen molar-refractivity contribution in [3.63, 3.8) is 0 Å². The van der Waals surface area contributed by atoms with E-state index in [2.05, 4.69) is 15.9 Å². The molecule has 31 heavy (non-hydrogen) atoms. The smallest absolute Gasteiger partial charge is 0.320 e. The molecule has 0 bridgehead atoms. The Morgan fingerprint density at radius 2 is 2.13 bits per heavy atom. The zero-order valence-corrected chi connectivity index (χ0v) is 19.0. The molecular formula is C23H21BrClNO5. The number of hydrogen-bond donors (Lipinski definition) is 1. The molecule has 0 spiro atoms. The number of carboxylic acids is 1. The highest BCUT2D eigenvalue weighted by Crippen LogP contribution is 2.34. The summed E-state index contributed by atoms with van der Waals surface area (Å²) in [6, 6.07) is 11.6. The highest BCUT2D eigenvalue weighted by Gasteiger charge is 2.29. The number of hydrogen-bond acceptors (Lipinski definition) is 5. The maximum atomic E-state index is 12.6. The number of fused-ring (bicyclic) bond motifs is 1. The van der Waals surface area contributed by atoms with Crippen molar-refractivity contribution in [3.8, 4) is 17.1 Å². The first-order valence-electron chi connectivity index (χ1n) is 10.1. The van der Waals surface area contributed by atoms with Gasteiger partial charge in [-0.1, -0.05) is 33.6 Å². The number of carboxylic acid groups (broad SMARTS) is 1. The topological polar surface area (TPSA) is 80.0 Å². The largest absolute Gasteiger partial charge is 0.493 e. The Labute approximate surface area is 192 Å². The standard InChI is InChI=1S/C23H21BrClNO5/c24-14-7-8-16(21-13-19(27)15-4-1-5-17(25)22(15)31-21)20(12-14)30-11-3-10-26-9-2-6-18(26)23(28)29/h1,4-5,7-8,12-13,18H,2-3,6,9-11H2,(H,28,29). The molecule has 0 aliphatic carbocycles. The van der Waals surface area contributed by atoms with Crippen LogP contribution in [-0.4, -0.2) is 41.7 Å².